The first-order valence-corrected chi connectivity index (χ1v) is 5.45. The van der Waals surface area contributed by atoms with Gasteiger partial charge in [0.05, 0.1) is 13.2 Å². The van der Waals surface area contributed by atoms with E-state index in [-0.39, 0.29) is 6.54 Å². The SMILES string of the molecule is C[N+]1(CC(=O)O)C=CC(c2ccncc2)=CC1. The smallest absolute Gasteiger partial charge is 0.359 e. The highest BCUT2D eigenvalue weighted by Crippen LogP contribution is 2.21. The number of carboxylic acids is 1. The predicted octanol–water partition coefficient (Wildman–Crippen LogP) is 1.52. The Morgan fingerprint density at radius 3 is 2.71 bits per heavy atom. The number of carbonyl (C=O) groups is 1. The molecule has 2 rings (SSSR count). The Bertz CT molecular complexity index is 479. The van der Waals surface area contributed by atoms with Gasteiger partial charge in [-0.2, -0.15) is 0 Å². The molecule has 1 aliphatic heterocycles. The van der Waals surface area contributed by atoms with Crippen LogP contribution in [-0.2, 0) is 4.79 Å². The van der Waals surface area contributed by atoms with E-state index < -0.39 is 5.97 Å². The average molecular weight is 231 g/mol. The first-order valence-electron chi connectivity index (χ1n) is 5.45. The Morgan fingerprint density at radius 1 is 1.47 bits per heavy atom. The van der Waals surface area contributed by atoms with Gasteiger partial charge in [-0.3, -0.25) is 9.47 Å². The van der Waals surface area contributed by atoms with Crippen molar-refractivity contribution in [3.63, 3.8) is 0 Å². The summed E-state index contributed by atoms with van der Waals surface area (Å²) in [6.45, 7) is 0.803. The van der Waals surface area contributed by atoms with E-state index in [4.69, 9.17) is 5.11 Å². The van der Waals surface area contributed by atoms with Crippen molar-refractivity contribution >= 4 is 11.5 Å². The summed E-state index contributed by atoms with van der Waals surface area (Å²) >= 11 is 0. The zero-order valence-electron chi connectivity index (χ0n) is 9.71. The van der Waals surface area contributed by atoms with Gasteiger partial charge in [0.25, 0.3) is 0 Å². The minimum absolute atomic E-state index is 0.108. The molecular weight excluding hydrogens is 216 g/mol. The first kappa shape index (κ1) is 11.5. The molecule has 1 aliphatic rings. The van der Waals surface area contributed by atoms with Gasteiger partial charge in [-0.1, -0.05) is 0 Å². The fourth-order valence-corrected chi connectivity index (χ4v) is 1.88. The van der Waals surface area contributed by atoms with Crippen LogP contribution in [0.2, 0.25) is 0 Å². The third-order valence-corrected chi connectivity index (χ3v) is 2.85. The maximum Gasteiger partial charge on any atom is 0.359 e. The highest BCUT2D eigenvalue weighted by atomic mass is 16.4. The van der Waals surface area contributed by atoms with Gasteiger partial charge in [-0.15, -0.1) is 0 Å². The fraction of sp³-hybridized carbons (Fsp3) is 0.231. The Balaban J connectivity index is 2.14. The predicted molar refractivity (Wildman–Crippen MR) is 64.9 cm³/mol. The van der Waals surface area contributed by atoms with Gasteiger partial charge >= 0.3 is 5.97 Å². The second-order valence-electron chi connectivity index (χ2n) is 4.42. The maximum absolute atomic E-state index is 10.7. The normalized spacial score (nSPS) is 23.2. The zero-order valence-corrected chi connectivity index (χ0v) is 9.71. The molecule has 0 spiro atoms. The molecule has 0 saturated heterocycles. The van der Waals surface area contributed by atoms with E-state index in [1.807, 2.05) is 31.5 Å². The summed E-state index contributed by atoms with van der Waals surface area (Å²) in [6, 6.07) is 3.89. The fourth-order valence-electron chi connectivity index (χ4n) is 1.88. The van der Waals surface area contributed by atoms with Crippen molar-refractivity contribution in [2.45, 2.75) is 0 Å². The molecule has 0 saturated carbocycles. The van der Waals surface area contributed by atoms with Gasteiger partial charge in [-0.05, 0) is 35.4 Å². The van der Waals surface area contributed by atoms with E-state index in [1.165, 1.54) is 0 Å². The summed E-state index contributed by atoms with van der Waals surface area (Å²) in [4.78, 5) is 14.7. The molecule has 0 radical (unpaired) electrons. The van der Waals surface area contributed by atoms with Crippen molar-refractivity contribution in [2.75, 3.05) is 20.1 Å². The second kappa shape index (κ2) is 4.51. The van der Waals surface area contributed by atoms with Crippen molar-refractivity contribution in [1.29, 1.82) is 0 Å². The molecule has 17 heavy (non-hydrogen) atoms. The summed E-state index contributed by atoms with van der Waals surface area (Å²) in [5.41, 5.74) is 2.23. The number of hydrogen-bond acceptors (Lipinski definition) is 2. The lowest BCUT2D eigenvalue weighted by Crippen LogP contribution is -2.43. The number of quaternary nitrogens is 1. The van der Waals surface area contributed by atoms with E-state index in [0.29, 0.717) is 11.0 Å². The Hall–Kier alpha value is -1.94. The van der Waals surface area contributed by atoms with Gasteiger partial charge in [0.15, 0.2) is 6.54 Å². The van der Waals surface area contributed by atoms with Gasteiger partial charge in [-0.25, -0.2) is 4.79 Å². The Labute approximate surface area is 100 Å². The van der Waals surface area contributed by atoms with Crippen molar-refractivity contribution < 1.29 is 14.4 Å². The number of nitrogens with zero attached hydrogens (tertiary/aromatic N) is 2. The molecule has 1 N–H and O–H groups in total. The summed E-state index contributed by atoms with van der Waals surface area (Å²) < 4.78 is 0.407. The Kier molecular flexibility index (Phi) is 3.06. The molecule has 0 aliphatic carbocycles. The standard InChI is InChI=1S/C13H14N2O2/c1-15(10-13(16)17)8-4-12(5-9-15)11-2-6-14-7-3-11/h2-8H,9-10H2,1H3/p+1. The molecule has 1 aromatic rings. The number of pyridine rings is 1. The molecule has 1 unspecified atom stereocenters. The van der Waals surface area contributed by atoms with Crippen LogP contribution in [0.5, 0.6) is 0 Å². The van der Waals surface area contributed by atoms with Crippen LogP contribution in [0.25, 0.3) is 5.57 Å². The third-order valence-electron chi connectivity index (χ3n) is 2.85. The van der Waals surface area contributed by atoms with Crippen LogP contribution in [-0.4, -0.2) is 40.7 Å². The molecule has 1 aromatic heterocycles. The van der Waals surface area contributed by atoms with E-state index in [1.54, 1.807) is 12.4 Å². The molecule has 88 valence electrons. The topological polar surface area (TPSA) is 50.2 Å². The summed E-state index contributed by atoms with van der Waals surface area (Å²) in [6.07, 6.45) is 9.48. The first-order chi connectivity index (χ1) is 8.09. The van der Waals surface area contributed by atoms with Gasteiger partial charge in [0, 0.05) is 12.4 Å². The summed E-state index contributed by atoms with van der Waals surface area (Å²) in [5, 5.41) is 8.84. The molecule has 0 bridgehead atoms. The van der Waals surface area contributed by atoms with Crippen LogP contribution in [0.3, 0.4) is 0 Å². The minimum atomic E-state index is -0.780. The molecule has 2 heterocycles. The second-order valence-corrected chi connectivity index (χ2v) is 4.42. The van der Waals surface area contributed by atoms with Gasteiger partial charge in [0.1, 0.15) is 6.54 Å². The lowest BCUT2D eigenvalue weighted by Gasteiger charge is -2.29. The van der Waals surface area contributed by atoms with Gasteiger partial charge in [0.2, 0.25) is 0 Å². The molecule has 4 nitrogen and oxygen atoms in total. The maximum atomic E-state index is 10.7. The van der Waals surface area contributed by atoms with Gasteiger partial charge < -0.3 is 5.11 Å². The number of aliphatic carboxylic acids is 1. The van der Waals surface area contributed by atoms with Crippen molar-refractivity contribution in [3.8, 4) is 0 Å². The lowest BCUT2D eigenvalue weighted by atomic mass is 10.0. The van der Waals surface area contributed by atoms with Crippen LogP contribution in [0.15, 0.2) is 42.9 Å². The zero-order chi connectivity index (χ0) is 12.3. The molecule has 4 heteroatoms. The number of hydrogen-bond donors (Lipinski definition) is 1. The van der Waals surface area contributed by atoms with Crippen LogP contribution >= 0.6 is 0 Å². The van der Waals surface area contributed by atoms with Crippen LogP contribution < -0.4 is 0 Å². The number of aromatic nitrogens is 1. The minimum Gasteiger partial charge on any atom is -0.477 e. The van der Waals surface area contributed by atoms with E-state index in [9.17, 15) is 4.79 Å². The van der Waals surface area contributed by atoms with Crippen molar-refractivity contribution in [1.82, 2.24) is 4.98 Å². The lowest BCUT2D eigenvalue weighted by molar-refractivity contribution is -0.846. The monoisotopic (exact) mass is 231 g/mol. The summed E-state index contributed by atoms with van der Waals surface area (Å²) in [7, 11) is 1.91. The average Bonchev–Trinajstić information content (AvgIpc) is 2.29. The number of allylic oxidation sites excluding steroid dienone is 2. The highest BCUT2D eigenvalue weighted by Gasteiger charge is 2.24. The number of likely N-dealkylation sites (N-methyl/N-ethyl adjacent to an activating group) is 1. The van der Waals surface area contributed by atoms with Crippen molar-refractivity contribution in [2.24, 2.45) is 0 Å². The molecular formula is C13H15N2O2+. The third kappa shape index (κ3) is 2.79. The van der Waals surface area contributed by atoms with Crippen molar-refractivity contribution in [3.05, 3.63) is 48.4 Å². The molecule has 0 amide bonds. The molecule has 1 atom stereocenters. The highest BCUT2D eigenvalue weighted by molar-refractivity contribution is 5.74. The molecule has 0 fully saturated rings. The Morgan fingerprint density at radius 2 is 2.18 bits per heavy atom. The quantitative estimate of drug-likeness (QED) is 0.802. The number of carboxylic acid groups (broad SMARTS) is 1. The van der Waals surface area contributed by atoms with E-state index in [0.717, 1.165) is 11.1 Å². The number of rotatable bonds is 3. The van der Waals surface area contributed by atoms with Crippen LogP contribution in [0.1, 0.15) is 5.56 Å². The molecule has 0 aromatic carbocycles. The van der Waals surface area contributed by atoms with Crippen LogP contribution in [0.4, 0.5) is 0 Å². The summed E-state index contributed by atoms with van der Waals surface area (Å²) in [5.74, 6) is -0.780. The van der Waals surface area contributed by atoms with Crippen LogP contribution in [0, 0.1) is 0 Å². The van der Waals surface area contributed by atoms with E-state index >= 15 is 0 Å². The van der Waals surface area contributed by atoms with E-state index in [2.05, 4.69) is 11.1 Å². The largest absolute Gasteiger partial charge is 0.477 e.